The number of thiazole rings is 1. The Labute approximate surface area is 227 Å². The van der Waals surface area contributed by atoms with Crippen LogP contribution in [0.2, 0.25) is 0 Å². The Balaban J connectivity index is 1.54. The van der Waals surface area contributed by atoms with Gasteiger partial charge in [-0.1, -0.05) is 17.4 Å². The van der Waals surface area contributed by atoms with E-state index >= 15 is 0 Å². The molecule has 3 aromatic carbocycles. The number of rotatable bonds is 4. The van der Waals surface area contributed by atoms with Gasteiger partial charge in [0.1, 0.15) is 17.6 Å². The van der Waals surface area contributed by atoms with Gasteiger partial charge >= 0.3 is 5.91 Å². The molecule has 2 aliphatic rings. The zero-order chi connectivity index (χ0) is 27.6. The maximum Gasteiger partial charge on any atom is 0.301 e. The van der Waals surface area contributed by atoms with E-state index in [1.165, 1.54) is 40.5 Å². The first-order valence-corrected chi connectivity index (χ1v) is 13.2. The minimum absolute atomic E-state index is 0.00536. The van der Waals surface area contributed by atoms with Crippen LogP contribution in [0, 0.1) is 24.0 Å². The first kappa shape index (κ1) is 24.7. The molecule has 0 unspecified atom stereocenters. The summed E-state index contributed by atoms with van der Waals surface area (Å²) >= 11 is 1.27. The number of Topliss-reactive ketones (excluding diaryl/α,β-unsaturated/α-hetero) is 1. The Hall–Kier alpha value is -4.57. The SMILES string of the molecule is Cc1cc(C)c2nc(N3C(=O)C(=O)/C(=C(/O)c4ccc5c(c4)C[C@H](C)O5)[C@H]3c3ccc([N+](=O)[O-])cc3)sc2c1. The van der Waals surface area contributed by atoms with Crippen LogP contribution in [0.5, 0.6) is 5.75 Å². The van der Waals surface area contributed by atoms with E-state index in [1.807, 2.05) is 32.9 Å². The Kier molecular flexibility index (Phi) is 5.72. The predicted molar refractivity (Wildman–Crippen MR) is 147 cm³/mol. The van der Waals surface area contributed by atoms with Gasteiger partial charge in [0.25, 0.3) is 11.5 Å². The van der Waals surface area contributed by atoms with E-state index in [4.69, 9.17) is 9.72 Å². The third kappa shape index (κ3) is 4.04. The van der Waals surface area contributed by atoms with Gasteiger partial charge in [0.15, 0.2) is 5.13 Å². The van der Waals surface area contributed by atoms with Gasteiger partial charge in [-0.2, -0.15) is 0 Å². The maximum atomic E-state index is 13.5. The Morgan fingerprint density at radius 1 is 1.13 bits per heavy atom. The molecular formula is C29H23N3O6S. The number of aliphatic hydroxyl groups is 1. The van der Waals surface area contributed by atoms with Crippen LogP contribution < -0.4 is 9.64 Å². The fourth-order valence-corrected chi connectivity index (χ4v) is 6.48. The van der Waals surface area contributed by atoms with Crippen molar-refractivity contribution in [2.45, 2.75) is 39.3 Å². The van der Waals surface area contributed by atoms with Gasteiger partial charge in [-0.05, 0) is 79.4 Å². The second-order valence-electron chi connectivity index (χ2n) is 9.90. The topological polar surface area (TPSA) is 123 Å². The van der Waals surface area contributed by atoms with E-state index in [0.717, 1.165) is 26.9 Å². The van der Waals surface area contributed by atoms with Crippen molar-refractivity contribution in [3.8, 4) is 5.75 Å². The zero-order valence-corrected chi connectivity index (χ0v) is 22.1. The summed E-state index contributed by atoms with van der Waals surface area (Å²) in [5.41, 5.74) is 4.17. The molecule has 0 saturated carbocycles. The van der Waals surface area contributed by atoms with Gasteiger partial charge in [0, 0.05) is 24.1 Å². The van der Waals surface area contributed by atoms with Crippen molar-refractivity contribution in [1.82, 2.24) is 4.98 Å². The number of anilines is 1. The van der Waals surface area contributed by atoms with Crippen LogP contribution in [0.3, 0.4) is 0 Å². The summed E-state index contributed by atoms with van der Waals surface area (Å²) in [6.45, 7) is 5.84. The first-order valence-electron chi connectivity index (χ1n) is 12.4. The smallest absolute Gasteiger partial charge is 0.301 e. The van der Waals surface area contributed by atoms with Crippen LogP contribution in [0.1, 0.15) is 40.8 Å². The minimum atomic E-state index is -1.03. The van der Waals surface area contributed by atoms with E-state index in [9.17, 15) is 24.8 Å². The second kappa shape index (κ2) is 9.02. The fourth-order valence-electron chi connectivity index (χ4n) is 5.31. The predicted octanol–water partition coefficient (Wildman–Crippen LogP) is 5.77. The molecule has 1 amide bonds. The molecule has 2 atom stereocenters. The standard InChI is InChI=1S/C29H23N3O6S/c1-14-10-15(2)24-22(11-14)39-29(30-24)31-25(17-4-7-20(8-5-17)32(36)37)23(27(34)28(31)35)26(33)18-6-9-21-19(13-18)12-16(3)38-21/h4-11,13,16,25,33H,12H2,1-3H3/b26-23+/t16-,25+/m0/s1. The number of ether oxygens (including phenoxy) is 1. The van der Waals surface area contributed by atoms with E-state index < -0.39 is 22.7 Å². The highest BCUT2D eigenvalue weighted by molar-refractivity contribution is 7.22. The van der Waals surface area contributed by atoms with Crippen LogP contribution in [0.15, 0.2) is 60.2 Å². The number of hydrogen-bond donors (Lipinski definition) is 1. The number of non-ortho nitro benzene ring substituents is 1. The number of ketones is 1. The van der Waals surface area contributed by atoms with Crippen LogP contribution >= 0.6 is 11.3 Å². The number of amides is 1. The molecule has 3 heterocycles. The largest absolute Gasteiger partial charge is 0.507 e. The van der Waals surface area contributed by atoms with Crippen LogP contribution in [-0.4, -0.2) is 32.8 Å². The third-order valence-corrected chi connectivity index (χ3v) is 8.06. The van der Waals surface area contributed by atoms with Crippen molar-refractivity contribution in [1.29, 1.82) is 0 Å². The van der Waals surface area contributed by atoms with E-state index in [1.54, 1.807) is 18.2 Å². The molecule has 2 aliphatic heterocycles. The van der Waals surface area contributed by atoms with E-state index in [0.29, 0.717) is 28.4 Å². The molecule has 1 saturated heterocycles. The number of carbonyl (C=O) groups is 2. The molecule has 1 aromatic heterocycles. The number of fused-ring (bicyclic) bond motifs is 2. The molecule has 0 radical (unpaired) electrons. The van der Waals surface area contributed by atoms with Crippen molar-refractivity contribution in [2.24, 2.45) is 0 Å². The molecule has 9 nitrogen and oxygen atoms in total. The number of nitro benzene ring substituents is 1. The minimum Gasteiger partial charge on any atom is -0.507 e. The number of aliphatic hydroxyl groups excluding tert-OH is 1. The molecule has 0 aliphatic carbocycles. The number of nitrogens with zero attached hydrogens (tertiary/aromatic N) is 3. The molecule has 0 spiro atoms. The Bertz CT molecular complexity index is 1740. The molecule has 6 rings (SSSR count). The number of aryl methyl sites for hydroxylation is 2. The number of benzene rings is 3. The maximum absolute atomic E-state index is 13.5. The lowest BCUT2D eigenvalue weighted by atomic mass is 9.94. The van der Waals surface area contributed by atoms with Gasteiger partial charge in [-0.15, -0.1) is 0 Å². The molecule has 4 aromatic rings. The number of carbonyl (C=O) groups excluding carboxylic acids is 2. The Morgan fingerprint density at radius 3 is 2.59 bits per heavy atom. The summed E-state index contributed by atoms with van der Waals surface area (Å²) in [7, 11) is 0. The van der Waals surface area contributed by atoms with Gasteiger partial charge < -0.3 is 9.84 Å². The van der Waals surface area contributed by atoms with Crippen LogP contribution in [0.4, 0.5) is 10.8 Å². The highest BCUT2D eigenvalue weighted by atomic mass is 32.1. The van der Waals surface area contributed by atoms with Crippen molar-refractivity contribution in [3.63, 3.8) is 0 Å². The number of nitro groups is 1. The fraction of sp³-hybridized carbons (Fsp3) is 0.207. The average Bonchev–Trinajstić information content (AvgIpc) is 3.56. The highest BCUT2D eigenvalue weighted by Crippen LogP contribution is 2.45. The summed E-state index contributed by atoms with van der Waals surface area (Å²) in [5, 5.41) is 23.1. The third-order valence-electron chi connectivity index (χ3n) is 7.06. The van der Waals surface area contributed by atoms with Crippen molar-refractivity contribution in [2.75, 3.05) is 4.90 Å². The summed E-state index contributed by atoms with van der Waals surface area (Å²) in [6, 6.07) is 13.7. The van der Waals surface area contributed by atoms with E-state index in [-0.39, 0.29) is 23.1 Å². The quantitative estimate of drug-likeness (QED) is 0.114. The van der Waals surface area contributed by atoms with Gasteiger partial charge in [0.05, 0.1) is 26.8 Å². The van der Waals surface area contributed by atoms with Crippen LogP contribution in [-0.2, 0) is 16.0 Å². The lowest BCUT2D eigenvalue weighted by Crippen LogP contribution is -2.29. The molecule has 1 N–H and O–H groups in total. The van der Waals surface area contributed by atoms with E-state index in [2.05, 4.69) is 0 Å². The van der Waals surface area contributed by atoms with Crippen molar-refractivity contribution in [3.05, 3.63) is 98.1 Å². The van der Waals surface area contributed by atoms with Crippen molar-refractivity contribution < 1.29 is 24.4 Å². The van der Waals surface area contributed by atoms with Crippen LogP contribution in [0.25, 0.3) is 16.0 Å². The lowest BCUT2D eigenvalue weighted by molar-refractivity contribution is -0.384. The normalized spacial score (nSPS) is 19.9. The highest BCUT2D eigenvalue weighted by Gasteiger charge is 2.48. The second-order valence-corrected chi connectivity index (χ2v) is 10.9. The average molecular weight is 542 g/mol. The molecular weight excluding hydrogens is 518 g/mol. The summed E-state index contributed by atoms with van der Waals surface area (Å²) in [5.74, 6) is -1.29. The molecule has 196 valence electrons. The van der Waals surface area contributed by atoms with Gasteiger partial charge in [-0.3, -0.25) is 24.6 Å². The number of hydrogen-bond acceptors (Lipinski definition) is 8. The lowest BCUT2D eigenvalue weighted by Gasteiger charge is -2.23. The summed E-state index contributed by atoms with van der Waals surface area (Å²) < 4.78 is 6.62. The van der Waals surface area contributed by atoms with Crippen molar-refractivity contribution >= 4 is 49.8 Å². The Morgan fingerprint density at radius 2 is 1.87 bits per heavy atom. The van der Waals surface area contributed by atoms with Gasteiger partial charge in [-0.25, -0.2) is 4.98 Å². The zero-order valence-electron chi connectivity index (χ0n) is 21.3. The summed E-state index contributed by atoms with van der Waals surface area (Å²) in [4.78, 5) is 43.8. The molecule has 10 heteroatoms. The van der Waals surface area contributed by atoms with Gasteiger partial charge in [0.2, 0.25) is 0 Å². The molecule has 0 bridgehead atoms. The monoisotopic (exact) mass is 541 g/mol. The first-order chi connectivity index (χ1) is 18.6. The molecule has 1 fully saturated rings. The molecule has 39 heavy (non-hydrogen) atoms. The summed E-state index contributed by atoms with van der Waals surface area (Å²) in [6.07, 6.45) is 0.648. The number of aromatic nitrogens is 1.